The van der Waals surface area contributed by atoms with Crippen LogP contribution in [-0.2, 0) is 16.0 Å². The summed E-state index contributed by atoms with van der Waals surface area (Å²) < 4.78 is 44.8. The van der Waals surface area contributed by atoms with Gasteiger partial charge in [0.25, 0.3) is 0 Å². The van der Waals surface area contributed by atoms with Crippen molar-refractivity contribution in [2.75, 3.05) is 13.2 Å². The van der Waals surface area contributed by atoms with Crippen molar-refractivity contribution in [2.24, 2.45) is 0 Å². The molecule has 1 aromatic carbocycles. The number of ether oxygens (including phenoxy) is 1. The van der Waals surface area contributed by atoms with E-state index in [-0.39, 0.29) is 19.6 Å². The van der Waals surface area contributed by atoms with Crippen molar-refractivity contribution in [3.63, 3.8) is 0 Å². The first-order chi connectivity index (χ1) is 10.9. The lowest BCUT2D eigenvalue weighted by Crippen LogP contribution is -2.59. The van der Waals surface area contributed by atoms with E-state index in [1.165, 1.54) is 6.92 Å². The number of fused-ring (bicyclic) bond motifs is 1. The van der Waals surface area contributed by atoms with Gasteiger partial charge in [0.05, 0.1) is 19.1 Å². The number of halogens is 3. The van der Waals surface area contributed by atoms with Crippen LogP contribution < -0.4 is 0 Å². The van der Waals surface area contributed by atoms with Crippen LogP contribution in [0.4, 0.5) is 13.2 Å². The monoisotopic (exact) mass is 326 g/mol. The zero-order valence-electron chi connectivity index (χ0n) is 12.6. The normalized spacial score (nSPS) is 22.5. The Balaban J connectivity index is 1.84. The smallest absolute Gasteiger partial charge is 0.374 e. The van der Waals surface area contributed by atoms with Gasteiger partial charge in [-0.2, -0.15) is 13.2 Å². The molecule has 124 valence electrons. The quantitative estimate of drug-likeness (QED) is 0.922. The summed E-state index contributed by atoms with van der Waals surface area (Å²) in [7, 11) is 0. The van der Waals surface area contributed by atoms with Gasteiger partial charge < -0.3 is 14.6 Å². The van der Waals surface area contributed by atoms with Crippen LogP contribution in [0, 0.1) is 0 Å². The van der Waals surface area contributed by atoms with Gasteiger partial charge in [-0.1, -0.05) is 18.2 Å². The van der Waals surface area contributed by atoms with Crippen LogP contribution in [0.2, 0.25) is 0 Å². The first kappa shape index (κ1) is 15.9. The second-order valence-corrected chi connectivity index (χ2v) is 5.69. The molecule has 0 aliphatic carbocycles. The van der Waals surface area contributed by atoms with E-state index >= 15 is 0 Å². The first-order valence-electron chi connectivity index (χ1n) is 7.40. The average Bonchev–Trinajstić information content (AvgIpc) is 2.89. The Morgan fingerprint density at radius 1 is 1.39 bits per heavy atom. The molecule has 1 saturated heterocycles. The molecule has 1 fully saturated rings. The van der Waals surface area contributed by atoms with Crippen LogP contribution in [0.25, 0.3) is 10.9 Å². The molecule has 0 radical (unpaired) electrons. The molecule has 1 aliphatic rings. The minimum Gasteiger partial charge on any atom is -0.374 e. The Hall–Kier alpha value is -2.02. The molecule has 7 heteroatoms. The van der Waals surface area contributed by atoms with Crippen molar-refractivity contribution in [3.05, 3.63) is 36.0 Å². The highest BCUT2D eigenvalue weighted by Gasteiger charge is 2.50. The predicted molar refractivity (Wildman–Crippen MR) is 79.0 cm³/mol. The molecule has 0 saturated carbocycles. The predicted octanol–water partition coefficient (Wildman–Crippen LogP) is 2.89. The molecule has 1 aliphatic heterocycles. The molecule has 23 heavy (non-hydrogen) atoms. The molecular formula is C16H17F3N2O2. The molecule has 2 aromatic rings. The van der Waals surface area contributed by atoms with Crippen LogP contribution in [0.3, 0.4) is 0 Å². The summed E-state index contributed by atoms with van der Waals surface area (Å²) in [5, 5.41) is 0.853. The van der Waals surface area contributed by atoms with E-state index in [1.807, 2.05) is 24.3 Å². The third kappa shape index (κ3) is 3.06. The van der Waals surface area contributed by atoms with Gasteiger partial charge in [-0.3, -0.25) is 4.79 Å². The van der Waals surface area contributed by atoms with E-state index in [1.54, 1.807) is 6.20 Å². The van der Waals surface area contributed by atoms with E-state index in [0.717, 1.165) is 15.8 Å². The van der Waals surface area contributed by atoms with Gasteiger partial charge in [0.1, 0.15) is 0 Å². The fraction of sp³-hybridized carbons (Fsp3) is 0.438. The lowest BCUT2D eigenvalue weighted by Gasteiger charge is -2.40. The lowest BCUT2D eigenvalue weighted by molar-refractivity contribution is -0.229. The van der Waals surface area contributed by atoms with Gasteiger partial charge >= 0.3 is 6.18 Å². The summed E-state index contributed by atoms with van der Waals surface area (Å²) in [6, 6.07) is 5.50. The van der Waals surface area contributed by atoms with Crippen LogP contribution in [0.1, 0.15) is 12.5 Å². The third-order valence-corrected chi connectivity index (χ3v) is 4.17. The third-order valence-electron chi connectivity index (χ3n) is 4.17. The van der Waals surface area contributed by atoms with Gasteiger partial charge in [-0.25, -0.2) is 0 Å². The number of aromatic amines is 1. The molecule has 2 heterocycles. The number of benzene rings is 1. The van der Waals surface area contributed by atoms with E-state index < -0.39 is 24.2 Å². The van der Waals surface area contributed by atoms with Crippen LogP contribution in [0.15, 0.2) is 30.5 Å². The largest absolute Gasteiger partial charge is 0.411 e. The Morgan fingerprint density at radius 2 is 2.13 bits per heavy atom. The van der Waals surface area contributed by atoms with E-state index in [0.29, 0.717) is 5.56 Å². The van der Waals surface area contributed by atoms with Crippen molar-refractivity contribution < 1.29 is 22.7 Å². The molecule has 1 amide bonds. The zero-order valence-corrected chi connectivity index (χ0v) is 12.6. The summed E-state index contributed by atoms with van der Waals surface area (Å²) >= 11 is 0. The number of morpholine rings is 1. The highest BCUT2D eigenvalue weighted by atomic mass is 19.4. The van der Waals surface area contributed by atoms with Crippen LogP contribution in [0.5, 0.6) is 0 Å². The number of H-pyrrole nitrogens is 1. The minimum absolute atomic E-state index is 0.0459. The summed E-state index contributed by atoms with van der Waals surface area (Å²) in [6.45, 7) is 1.42. The zero-order chi connectivity index (χ0) is 16.6. The Morgan fingerprint density at radius 3 is 2.87 bits per heavy atom. The van der Waals surface area contributed by atoms with Crippen molar-refractivity contribution in [1.82, 2.24) is 9.88 Å². The Kier molecular flexibility index (Phi) is 4.06. The average molecular weight is 326 g/mol. The fourth-order valence-corrected chi connectivity index (χ4v) is 3.09. The maximum Gasteiger partial charge on any atom is 0.411 e. The second kappa shape index (κ2) is 5.88. The number of nitrogens with zero attached hydrogens (tertiary/aromatic N) is 1. The molecule has 4 nitrogen and oxygen atoms in total. The van der Waals surface area contributed by atoms with Crippen molar-refractivity contribution in [3.8, 4) is 0 Å². The van der Waals surface area contributed by atoms with Crippen molar-refractivity contribution in [1.29, 1.82) is 0 Å². The number of aromatic nitrogens is 1. The standard InChI is InChI=1S/C16H17F3N2O2/c1-10-15(16(17,18)19)21(6-7-23-10)14(22)8-11-9-20-13-5-3-2-4-12(11)13/h2-5,9-10,15,20H,6-8H2,1H3/t10-,15-/m0/s1. The van der Waals surface area contributed by atoms with Crippen LogP contribution in [-0.4, -0.2) is 47.3 Å². The van der Waals surface area contributed by atoms with Gasteiger partial charge in [0, 0.05) is 23.6 Å². The van der Waals surface area contributed by atoms with E-state index in [4.69, 9.17) is 4.74 Å². The number of hydrogen-bond donors (Lipinski definition) is 1. The Bertz CT molecular complexity index is 711. The molecule has 1 aromatic heterocycles. The highest BCUT2D eigenvalue weighted by molar-refractivity contribution is 5.89. The number of para-hydroxylation sites is 1. The number of rotatable bonds is 2. The van der Waals surface area contributed by atoms with Gasteiger partial charge in [-0.15, -0.1) is 0 Å². The summed E-state index contributed by atoms with van der Waals surface area (Å²) in [6.07, 6.45) is -3.95. The fourth-order valence-electron chi connectivity index (χ4n) is 3.09. The Labute approximate surface area is 131 Å². The molecule has 3 rings (SSSR count). The SMILES string of the molecule is C[C@@H]1OCCN(C(=O)Cc2c[nH]c3ccccc23)[C@@H]1C(F)(F)F. The summed E-state index contributed by atoms with van der Waals surface area (Å²) in [5.74, 6) is -0.535. The number of carbonyl (C=O) groups is 1. The number of carbonyl (C=O) groups excluding carboxylic acids is 1. The maximum atomic E-state index is 13.3. The van der Waals surface area contributed by atoms with Gasteiger partial charge in [0.2, 0.25) is 5.91 Å². The molecule has 0 unspecified atom stereocenters. The minimum atomic E-state index is -4.50. The highest BCUT2D eigenvalue weighted by Crippen LogP contribution is 2.31. The molecular weight excluding hydrogens is 309 g/mol. The van der Waals surface area contributed by atoms with Crippen molar-refractivity contribution in [2.45, 2.75) is 31.7 Å². The van der Waals surface area contributed by atoms with Gasteiger partial charge in [-0.05, 0) is 18.6 Å². The molecule has 1 N–H and O–H groups in total. The number of amides is 1. The number of alkyl halides is 3. The van der Waals surface area contributed by atoms with E-state index in [2.05, 4.69) is 4.98 Å². The number of hydrogen-bond acceptors (Lipinski definition) is 2. The maximum absolute atomic E-state index is 13.3. The van der Waals surface area contributed by atoms with E-state index in [9.17, 15) is 18.0 Å². The molecule has 0 spiro atoms. The van der Waals surface area contributed by atoms with Gasteiger partial charge in [0.15, 0.2) is 6.04 Å². The topological polar surface area (TPSA) is 45.3 Å². The molecule has 0 bridgehead atoms. The second-order valence-electron chi connectivity index (χ2n) is 5.69. The van der Waals surface area contributed by atoms with Crippen LogP contribution >= 0.6 is 0 Å². The molecule has 2 atom stereocenters. The summed E-state index contributed by atoms with van der Waals surface area (Å²) in [5.41, 5.74) is 1.56. The lowest BCUT2D eigenvalue weighted by atomic mass is 10.1. The number of nitrogens with one attached hydrogen (secondary N) is 1. The summed E-state index contributed by atoms with van der Waals surface area (Å²) in [4.78, 5) is 16.4. The van der Waals surface area contributed by atoms with Crippen molar-refractivity contribution >= 4 is 16.8 Å². The first-order valence-corrected chi connectivity index (χ1v) is 7.40.